The van der Waals surface area contributed by atoms with Crippen LogP contribution < -0.4 is 15.4 Å². The maximum Gasteiger partial charge on any atom is 0.255 e. The molecule has 2 N–H and O–H groups in total. The largest absolute Gasteiger partial charge is 0.496 e. The van der Waals surface area contributed by atoms with Crippen molar-refractivity contribution in [3.8, 4) is 11.8 Å². The van der Waals surface area contributed by atoms with Gasteiger partial charge in [-0.1, -0.05) is 38.1 Å². The van der Waals surface area contributed by atoms with Crippen molar-refractivity contribution in [3.05, 3.63) is 65.2 Å². The summed E-state index contributed by atoms with van der Waals surface area (Å²) in [5, 5.41) is 14.5. The van der Waals surface area contributed by atoms with E-state index in [-0.39, 0.29) is 17.7 Å². The highest BCUT2D eigenvalue weighted by Gasteiger charge is 2.25. The highest BCUT2D eigenvalue weighted by molar-refractivity contribution is 5.99. The molecule has 0 fully saturated rings. The van der Waals surface area contributed by atoms with Crippen LogP contribution in [0.25, 0.3) is 0 Å². The SMILES string of the molecule is COc1ccccc1C(=O)NC(C(=O)NCc1ccc(C#N)cc1)C(C)C. The van der Waals surface area contributed by atoms with Crippen LogP contribution >= 0.6 is 0 Å². The van der Waals surface area contributed by atoms with E-state index >= 15 is 0 Å². The molecule has 0 saturated carbocycles. The number of rotatable bonds is 7. The summed E-state index contributed by atoms with van der Waals surface area (Å²) in [7, 11) is 1.50. The van der Waals surface area contributed by atoms with E-state index in [9.17, 15) is 9.59 Å². The van der Waals surface area contributed by atoms with Gasteiger partial charge in [-0.15, -0.1) is 0 Å². The lowest BCUT2D eigenvalue weighted by atomic mass is 10.0. The van der Waals surface area contributed by atoms with Crippen LogP contribution in [0, 0.1) is 17.2 Å². The van der Waals surface area contributed by atoms with Crippen LogP contribution in [0.2, 0.25) is 0 Å². The molecule has 27 heavy (non-hydrogen) atoms. The Morgan fingerprint density at radius 3 is 2.37 bits per heavy atom. The topological polar surface area (TPSA) is 91.2 Å². The van der Waals surface area contributed by atoms with Gasteiger partial charge in [0.15, 0.2) is 0 Å². The molecule has 0 saturated heterocycles. The van der Waals surface area contributed by atoms with E-state index in [0.29, 0.717) is 23.4 Å². The van der Waals surface area contributed by atoms with Crippen molar-refractivity contribution < 1.29 is 14.3 Å². The molecule has 1 unspecified atom stereocenters. The Labute approximate surface area is 159 Å². The molecule has 2 amide bonds. The molecular formula is C21H23N3O3. The molecule has 0 aliphatic heterocycles. The van der Waals surface area contributed by atoms with Gasteiger partial charge in [0.1, 0.15) is 11.8 Å². The van der Waals surface area contributed by atoms with Crippen LogP contribution in [0.4, 0.5) is 0 Å². The predicted octanol–water partition coefficient (Wildman–Crippen LogP) is 2.64. The monoisotopic (exact) mass is 365 g/mol. The van der Waals surface area contributed by atoms with E-state index in [1.165, 1.54) is 7.11 Å². The number of ether oxygens (including phenoxy) is 1. The molecule has 2 aromatic carbocycles. The summed E-state index contributed by atoms with van der Waals surface area (Å²) in [6.45, 7) is 4.06. The molecule has 1 atom stereocenters. The minimum Gasteiger partial charge on any atom is -0.496 e. The molecule has 6 heteroatoms. The minimum absolute atomic E-state index is 0.0929. The number of hydrogen-bond acceptors (Lipinski definition) is 4. The zero-order chi connectivity index (χ0) is 19.8. The Morgan fingerprint density at radius 2 is 1.78 bits per heavy atom. The van der Waals surface area contributed by atoms with Crippen molar-refractivity contribution in [1.82, 2.24) is 10.6 Å². The molecule has 0 radical (unpaired) electrons. The molecule has 0 bridgehead atoms. The Balaban J connectivity index is 2.04. The third-order valence-corrected chi connectivity index (χ3v) is 4.14. The van der Waals surface area contributed by atoms with E-state index < -0.39 is 6.04 Å². The fraction of sp³-hybridized carbons (Fsp3) is 0.286. The minimum atomic E-state index is -0.680. The average Bonchev–Trinajstić information content (AvgIpc) is 2.70. The highest BCUT2D eigenvalue weighted by Crippen LogP contribution is 2.17. The van der Waals surface area contributed by atoms with Crippen LogP contribution in [0.5, 0.6) is 5.75 Å². The number of nitrogens with one attached hydrogen (secondary N) is 2. The second kappa shape index (κ2) is 9.39. The number of nitriles is 1. The van der Waals surface area contributed by atoms with Gasteiger partial charge in [0.05, 0.1) is 24.3 Å². The van der Waals surface area contributed by atoms with Gasteiger partial charge in [-0.05, 0) is 35.7 Å². The van der Waals surface area contributed by atoms with Crippen LogP contribution in [0.15, 0.2) is 48.5 Å². The third kappa shape index (κ3) is 5.32. The summed E-state index contributed by atoms with van der Waals surface area (Å²) in [5.41, 5.74) is 1.82. The van der Waals surface area contributed by atoms with Gasteiger partial charge in [-0.25, -0.2) is 0 Å². The number of amides is 2. The predicted molar refractivity (Wildman–Crippen MR) is 102 cm³/mol. The van der Waals surface area contributed by atoms with Gasteiger partial charge in [-0.2, -0.15) is 5.26 Å². The Kier molecular flexibility index (Phi) is 6.95. The van der Waals surface area contributed by atoms with Gasteiger partial charge >= 0.3 is 0 Å². The number of methoxy groups -OCH3 is 1. The maximum atomic E-state index is 12.6. The number of para-hydroxylation sites is 1. The smallest absolute Gasteiger partial charge is 0.255 e. The lowest BCUT2D eigenvalue weighted by Crippen LogP contribution is -2.49. The molecule has 140 valence electrons. The fourth-order valence-corrected chi connectivity index (χ4v) is 2.58. The normalized spacial score (nSPS) is 11.4. The van der Waals surface area contributed by atoms with Crippen LogP contribution in [-0.2, 0) is 11.3 Å². The number of hydrogen-bond donors (Lipinski definition) is 2. The second-order valence-electron chi connectivity index (χ2n) is 6.42. The number of nitrogens with zero attached hydrogens (tertiary/aromatic N) is 1. The summed E-state index contributed by atoms with van der Waals surface area (Å²) in [6.07, 6.45) is 0. The zero-order valence-corrected chi connectivity index (χ0v) is 15.7. The summed E-state index contributed by atoms with van der Waals surface area (Å²) in [5.74, 6) is -0.266. The molecule has 0 spiro atoms. The number of carbonyl (C=O) groups excluding carboxylic acids is 2. The molecule has 0 aromatic heterocycles. The van der Waals surface area contributed by atoms with Gasteiger partial charge in [-0.3, -0.25) is 9.59 Å². The first-order chi connectivity index (χ1) is 13.0. The zero-order valence-electron chi connectivity index (χ0n) is 15.7. The third-order valence-electron chi connectivity index (χ3n) is 4.14. The lowest BCUT2D eigenvalue weighted by molar-refractivity contribution is -0.124. The van der Waals surface area contributed by atoms with E-state index in [2.05, 4.69) is 16.7 Å². The van der Waals surface area contributed by atoms with Crippen molar-refractivity contribution in [2.75, 3.05) is 7.11 Å². The van der Waals surface area contributed by atoms with Gasteiger partial charge in [0, 0.05) is 6.54 Å². The Hall–Kier alpha value is -3.33. The highest BCUT2D eigenvalue weighted by atomic mass is 16.5. The van der Waals surface area contributed by atoms with Gasteiger partial charge in [0.2, 0.25) is 5.91 Å². The molecule has 0 heterocycles. The van der Waals surface area contributed by atoms with E-state index in [0.717, 1.165) is 5.56 Å². The molecule has 0 aliphatic rings. The van der Waals surface area contributed by atoms with Gasteiger partial charge in [0.25, 0.3) is 5.91 Å². The van der Waals surface area contributed by atoms with E-state index in [4.69, 9.17) is 10.00 Å². The van der Waals surface area contributed by atoms with Gasteiger partial charge < -0.3 is 15.4 Å². The molecular weight excluding hydrogens is 342 g/mol. The van der Waals surface area contributed by atoms with Crippen LogP contribution in [0.1, 0.15) is 35.3 Å². The Bertz CT molecular complexity index is 838. The first-order valence-electron chi connectivity index (χ1n) is 8.67. The maximum absolute atomic E-state index is 12.6. The lowest BCUT2D eigenvalue weighted by Gasteiger charge is -2.22. The van der Waals surface area contributed by atoms with E-state index in [1.54, 1.807) is 48.5 Å². The first-order valence-corrected chi connectivity index (χ1v) is 8.67. The van der Waals surface area contributed by atoms with E-state index in [1.807, 2.05) is 13.8 Å². The summed E-state index contributed by atoms with van der Waals surface area (Å²) in [4.78, 5) is 25.2. The Morgan fingerprint density at radius 1 is 1.11 bits per heavy atom. The standard InChI is InChI=1S/C21H23N3O3/c1-14(2)19(24-20(25)17-6-4-5-7-18(17)27-3)21(26)23-13-16-10-8-15(12-22)9-11-16/h4-11,14,19H,13H2,1-3H3,(H,23,26)(H,24,25). The summed E-state index contributed by atoms with van der Waals surface area (Å²) >= 11 is 0. The molecule has 2 rings (SSSR count). The van der Waals surface area contributed by atoms with Crippen molar-refractivity contribution in [2.45, 2.75) is 26.4 Å². The summed E-state index contributed by atoms with van der Waals surface area (Å²) in [6, 6.07) is 15.2. The second-order valence-corrected chi connectivity index (χ2v) is 6.42. The first kappa shape index (κ1) is 20.0. The van der Waals surface area contributed by atoms with Crippen LogP contribution in [-0.4, -0.2) is 25.0 Å². The average molecular weight is 365 g/mol. The van der Waals surface area contributed by atoms with Crippen molar-refractivity contribution in [3.63, 3.8) is 0 Å². The van der Waals surface area contributed by atoms with Crippen molar-refractivity contribution in [1.29, 1.82) is 5.26 Å². The van der Waals surface area contributed by atoms with Crippen molar-refractivity contribution in [2.24, 2.45) is 5.92 Å². The summed E-state index contributed by atoms with van der Waals surface area (Å²) < 4.78 is 5.21. The number of carbonyl (C=O) groups is 2. The van der Waals surface area contributed by atoms with Crippen LogP contribution in [0.3, 0.4) is 0 Å². The molecule has 6 nitrogen and oxygen atoms in total. The number of benzene rings is 2. The quantitative estimate of drug-likeness (QED) is 0.789. The van der Waals surface area contributed by atoms with Crippen molar-refractivity contribution >= 4 is 11.8 Å². The fourth-order valence-electron chi connectivity index (χ4n) is 2.58. The molecule has 0 aliphatic carbocycles. The molecule has 2 aromatic rings.